The molecular weight excluding hydrogens is 311 g/mol. The molecule has 1 aromatic carbocycles. The van der Waals surface area contributed by atoms with Gasteiger partial charge in [0, 0.05) is 31.7 Å². The van der Waals surface area contributed by atoms with E-state index in [1.165, 1.54) is 12.3 Å². The molecule has 23 heavy (non-hydrogen) atoms. The van der Waals surface area contributed by atoms with E-state index in [1.807, 2.05) is 0 Å². The Kier molecular flexibility index (Phi) is 4.33. The molecule has 0 aliphatic carbocycles. The summed E-state index contributed by atoms with van der Waals surface area (Å²) in [6.45, 7) is -1.57. The van der Waals surface area contributed by atoms with Crippen molar-refractivity contribution < 1.29 is 24.1 Å². The van der Waals surface area contributed by atoms with E-state index < -0.39 is 18.2 Å². The number of alkyl halides is 2. The number of fused-ring (bicyclic) bond motifs is 1. The number of pyridine rings is 1. The Balaban J connectivity index is 0.00000208. The lowest BCUT2D eigenvalue weighted by atomic mass is 10.1. The summed E-state index contributed by atoms with van der Waals surface area (Å²) in [4.78, 5) is 16.2. The van der Waals surface area contributed by atoms with Gasteiger partial charge in [-0.1, -0.05) is 0 Å². The molecule has 2 aromatic rings. The van der Waals surface area contributed by atoms with Crippen LogP contribution in [-0.4, -0.2) is 36.6 Å². The molecule has 0 saturated carbocycles. The Morgan fingerprint density at radius 3 is 2.96 bits per heavy atom. The summed E-state index contributed by atoms with van der Waals surface area (Å²) in [6.07, 6.45) is 2.17. The molecule has 0 radical (unpaired) electrons. The van der Waals surface area contributed by atoms with Gasteiger partial charge in [0.1, 0.15) is 0 Å². The minimum absolute atomic E-state index is 0. The van der Waals surface area contributed by atoms with Crippen LogP contribution in [0.15, 0.2) is 24.4 Å². The minimum Gasteiger partial charge on any atom is -0.432 e. The maximum absolute atomic E-state index is 13.7. The highest BCUT2D eigenvalue weighted by molar-refractivity contribution is 5.97. The summed E-state index contributed by atoms with van der Waals surface area (Å²) in [5.41, 5.74) is 0.549. The number of ether oxygens (including phenoxy) is 1. The first-order valence-corrected chi connectivity index (χ1v) is 7.08. The van der Waals surface area contributed by atoms with Gasteiger partial charge < -0.3 is 15.4 Å². The van der Waals surface area contributed by atoms with Gasteiger partial charge in [0.2, 0.25) is 0 Å². The number of hydrogen-bond acceptors (Lipinski definition) is 4. The first-order valence-electron chi connectivity index (χ1n) is 7.08. The molecule has 0 spiro atoms. The number of benzene rings is 1. The summed E-state index contributed by atoms with van der Waals surface area (Å²) < 4.78 is 42.2. The summed E-state index contributed by atoms with van der Waals surface area (Å²) in [5, 5.41) is 6.32. The van der Waals surface area contributed by atoms with Crippen LogP contribution in [0.4, 0.5) is 13.2 Å². The fourth-order valence-electron chi connectivity index (χ4n) is 2.49. The molecular formula is C15H16F3N3O2. The van der Waals surface area contributed by atoms with Gasteiger partial charge in [-0.25, -0.2) is 4.39 Å². The summed E-state index contributed by atoms with van der Waals surface area (Å²) in [7, 11) is 0. The Bertz CT molecular complexity index is 739. The fourth-order valence-corrected chi connectivity index (χ4v) is 2.49. The third-order valence-corrected chi connectivity index (χ3v) is 3.61. The number of halogens is 3. The predicted octanol–water partition coefficient (Wildman–Crippen LogP) is 2.31. The van der Waals surface area contributed by atoms with Gasteiger partial charge in [0.25, 0.3) is 5.91 Å². The average Bonchev–Trinajstić information content (AvgIpc) is 3.00. The Morgan fingerprint density at radius 1 is 1.43 bits per heavy atom. The van der Waals surface area contributed by atoms with Crippen LogP contribution in [0.1, 0.15) is 18.2 Å². The number of rotatable bonds is 4. The molecule has 1 aliphatic heterocycles. The topological polar surface area (TPSA) is 63.2 Å². The van der Waals surface area contributed by atoms with Crippen molar-refractivity contribution in [1.29, 1.82) is 0 Å². The largest absolute Gasteiger partial charge is 0.432 e. The van der Waals surface area contributed by atoms with Crippen molar-refractivity contribution in [1.82, 2.24) is 15.6 Å². The molecule has 2 heterocycles. The molecule has 1 fully saturated rings. The zero-order valence-corrected chi connectivity index (χ0v) is 12.0. The second-order valence-electron chi connectivity index (χ2n) is 5.24. The molecule has 2 N–H and O–H groups in total. The van der Waals surface area contributed by atoms with Crippen molar-refractivity contribution in [2.45, 2.75) is 19.1 Å². The molecule has 1 aliphatic rings. The van der Waals surface area contributed by atoms with Crippen LogP contribution >= 0.6 is 0 Å². The van der Waals surface area contributed by atoms with Gasteiger partial charge in [-0.3, -0.25) is 9.78 Å². The van der Waals surface area contributed by atoms with Gasteiger partial charge in [0.05, 0.1) is 11.1 Å². The minimum atomic E-state index is -3.12. The number of amides is 1. The maximum atomic E-state index is 13.7. The lowest BCUT2D eigenvalue weighted by Gasteiger charge is -2.12. The van der Waals surface area contributed by atoms with Gasteiger partial charge in [-0.2, -0.15) is 8.78 Å². The summed E-state index contributed by atoms with van der Waals surface area (Å²) in [6, 6.07) is 3.62. The van der Waals surface area contributed by atoms with E-state index in [4.69, 9.17) is 0 Å². The van der Waals surface area contributed by atoms with Crippen molar-refractivity contribution in [3.05, 3.63) is 35.8 Å². The summed E-state index contributed by atoms with van der Waals surface area (Å²) in [5.74, 6) is -1.81. The average molecular weight is 327 g/mol. The Morgan fingerprint density at radius 2 is 2.26 bits per heavy atom. The standard InChI is InChI=1S/C15H14F3N3O2.H2/c16-11-4-8-3-9(14(22)21-10-1-2-19-7-10)6-20-12(8)5-13(11)23-15(17)18;/h3-6,10,15,19H,1-2,7H2,(H,21,22);1H/t10-;/m0./s1. The van der Waals surface area contributed by atoms with Crippen molar-refractivity contribution in [2.24, 2.45) is 0 Å². The highest BCUT2D eigenvalue weighted by atomic mass is 19.3. The molecule has 1 atom stereocenters. The molecule has 1 amide bonds. The van der Waals surface area contributed by atoms with Crippen molar-refractivity contribution >= 4 is 16.8 Å². The second kappa shape index (κ2) is 6.41. The zero-order valence-electron chi connectivity index (χ0n) is 12.0. The number of carbonyl (C=O) groups is 1. The molecule has 5 nitrogen and oxygen atoms in total. The van der Waals surface area contributed by atoms with E-state index in [1.54, 1.807) is 0 Å². The molecule has 0 bridgehead atoms. The van der Waals surface area contributed by atoms with E-state index in [-0.39, 0.29) is 24.5 Å². The number of aromatic nitrogens is 1. The van der Waals surface area contributed by atoms with E-state index in [2.05, 4.69) is 20.4 Å². The van der Waals surface area contributed by atoms with Gasteiger partial charge in [-0.15, -0.1) is 0 Å². The second-order valence-corrected chi connectivity index (χ2v) is 5.24. The lowest BCUT2D eigenvalue weighted by Crippen LogP contribution is -2.36. The van der Waals surface area contributed by atoms with Crippen LogP contribution in [0.25, 0.3) is 10.9 Å². The molecule has 0 unspecified atom stereocenters. The van der Waals surface area contributed by atoms with Crippen LogP contribution < -0.4 is 15.4 Å². The lowest BCUT2D eigenvalue weighted by molar-refractivity contribution is -0.0520. The first-order chi connectivity index (χ1) is 11.0. The van der Waals surface area contributed by atoms with Crippen LogP contribution in [0.2, 0.25) is 0 Å². The SMILES string of the molecule is O=C(N[C@H]1CCNC1)c1cnc2cc(OC(F)F)c(F)cc2c1.[HH]. The van der Waals surface area contributed by atoms with E-state index in [0.29, 0.717) is 11.9 Å². The molecule has 124 valence electrons. The van der Waals surface area contributed by atoms with Crippen LogP contribution in [0.3, 0.4) is 0 Å². The zero-order chi connectivity index (χ0) is 16.4. The Labute approximate surface area is 131 Å². The maximum Gasteiger partial charge on any atom is 0.387 e. The number of nitrogens with one attached hydrogen (secondary N) is 2. The first kappa shape index (κ1) is 15.5. The monoisotopic (exact) mass is 327 g/mol. The Hall–Kier alpha value is -2.35. The number of nitrogens with zero attached hydrogens (tertiary/aromatic N) is 1. The normalized spacial score (nSPS) is 17.7. The molecule has 1 saturated heterocycles. The molecule has 3 rings (SSSR count). The van der Waals surface area contributed by atoms with Crippen LogP contribution in [0.5, 0.6) is 5.75 Å². The quantitative estimate of drug-likeness (QED) is 0.905. The van der Waals surface area contributed by atoms with Crippen molar-refractivity contribution in [3.63, 3.8) is 0 Å². The smallest absolute Gasteiger partial charge is 0.387 e. The van der Waals surface area contributed by atoms with Crippen molar-refractivity contribution in [3.8, 4) is 5.75 Å². The van der Waals surface area contributed by atoms with E-state index in [9.17, 15) is 18.0 Å². The van der Waals surface area contributed by atoms with Gasteiger partial charge in [0.15, 0.2) is 11.6 Å². The molecule has 8 heteroatoms. The summed E-state index contributed by atoms with van der Waals surface area (Å²) >= 11 is 0. The van der Waals surface area contributed by atoms with Crippen LogP contribution in [0, 0.1) is 5.82 Å². The third-order valence-electron chi connectivity index (χ3n) is 3.61. The number of hydrogen-bond donors (Lipinski definition) is 2. The fraction of sp³-hybridized carbons (Fsp3) is 0.333. The third kappa shape index (κ3) is 3.53. The van der Waals surface area contributed by atoms with Crippen LogP contribution in [-0.2, 0) is 0 Å². The van der Waals surface area contributed by atoms with Crippen molar-refractivity contribution in [2.75, 3.05) is 13.1 Å². The highest BCUT2D eigenvalue weighted by Crippen LogP contribution is 2.25. The predicted molar refractivity (Wildman–Crippen MR) is 79.2 cm³/mol. The highest BCUT2D eigenvalue weighted by Gasteiger charge is 2.18. The van der Waals surface area contributed by atoms with Gasteiger partial charge in [-0.05, 0) is 25.1 Å². The van der Waals surface area contributed by atoms with E-state index in [0.717, 1.165) is 25.1 Å². The molecule has 1 aromatic heterocycles. The van der Waals surface area contributed by atoms with E-state index >= 15 is 0 Å². The number of carbonyl (C=O) groups excluding carboxylic acids is 1. The van der Waals surface area contributed by atoms with Gasteiger partial charge >= 0.3 is 6.61 Å².